The minimum atomic E-state index is -0.465. The van der Waals surface area contributed by atoms with Crippen LogP contribution in [-0.4, -0.2) is 35.7 Å². The summed E-state index contributed by atoms with van der Waals surface area (Å²) >= 11 is 0. The van der Waals surface area contributed by atoms with Gasteiger partial charge in [-0.25, -0.2) is 0 Å². The van der Waals surface area contributed by atoms with Gasteiger partial charge in [0.25, 0.3) is 5.91 Å². The van der Waals surface area contributed by atoms with Crippen LogP contribution in [0.2, 0.25) is 0 Å². The Morgan fingerprint density at radius 2 is 1.88 bits per heavy atom. The van der Waals surface area contributed by atoms with E-state index in [9.17, 15) is 14.4 Å². The summed E-state index contributed by atoms with van der Waals surface area (Å²) in [6.07, 6.45) is 0. The van der Waals surface area contributed by atoms with E-state index in [-0.39, 0.29) is 19.0 Å². The summed E-state index contributed by atoms with van der Waals surface area (Å²) in [5.41, 5.74) is 0.394. The molecule has 0 atom stereocenters. The number of piperazine rings is 1. The van der Waals surface area contributed by atoms with Crippen molar-refractivity contribution < 1.29 is 18.8 Å². The van der Waals surface area contributed by atoms with Gasteiger partial charge in [-0.05, 0) is 19.9 Å². The van der Waals surface area contributed by atoms with Crippen molar-refractivity contribution in [3.8, 4) is 0 Å². The lowest BCUT2D eigenvalue weighted by molar-refractivity contribution is -0.135. The van der Waals surface area contributed by atoms with Crippen molar-refractivity contribution in [1.82, 2.24) is 10.2 Å². The average molecular weight is 236 g/mol. The monoisotopic (exact) mass is 236 g/mol. The molecule has 90 valence electrons. The zero-order chi connectivity index (χ0) is 12.6. The van der Waals surface area contributed by atoms with E-state index in [0.29, 0.717) is 17.1 Å². The highest BCUT2D eigenvalue weighted by Crippen LogP contribution is 2.16. The van der Waals surface area contributed by atoms with Crippen molar-refractivity contribution in [2.75, 3.05) is 13.1 Å². The lowest BCUT2D eigenvalue weighted by Crippen LogP contribution is -2.53. The normalized spacial score (nSPS) is 16.0. The number of hydrogen-bond acceptors (Lipinski definition) is 4. The van der Waals surface area contributed by atoms with E-state index < -0.39 is 11.8 Å². The average Bonchev–Trinajstić information content (AvgIpc) is 2.55. The van der Waals surface area contributed by atoms with Crippen LogP contribution in [0, 0.1) is 13.8 Å². The number of furan rings is 1. The maximum absolute atomic E-state index is 12.1. The molecule has 1 aromatic rings. The Morgan fingerprint density at radius 1 is 1.29 bits per heavy atom. The fourth-order valence-corrected chi connectivity index (χ4v) is 1.79. The molecule has 1 aliphatic rings. The SMILES string of the molecule is Cc1cc(C(=O)N2CC(=O)NC(=O)C2)c(C)o1. The molecule has 1 N–H and O–H groups in total. The van der Waals surface area contributed by atoms with Crippen molar-refractivity contribution in [2.45, 2.75) is 13.8 Å². The highest BCUT2D eigenvalue weighted by Gasteiger charge is 2.28. The highest BCUT2D eigenvalue weighted by atomic mass is 16.3. The van der Waals surface area contributed by atoms with Gasteiger partial charge in [-0.15, -0.1) is 0 Å². The molecule has 17 heavy (non-hydrogen) atoms. The first kappa shape index (κ1) is 11.4. The molecule has 0 aliphatic carbocycles. The predicted molar refractivity (Wildman–Crippen MR) is 57.2 cm³/mol. The van der Waals surface area contributed by atoms with Crippen LogP contribution >= 0.6 is 0 Å². The van der Waals surface area contributed by atoms with Gasteiger partial charge in [-0.3, -0.25) is 19.7 Å². The van der Waals surface area contributed by atoms with E-state index in [4.69, 9.17) is 4.42 Å². The van der Waals surface area contributed by atoms with Crippen LogP contribution in [0.1, 0.15) is 21.9 Å². The third-order valence-corrected chi connectivity index (χ3v) is 2.51. The molecule has 0 unspecified atom stereocenters. The van der Waals surface area contributed by atoms with Crippen molar-refractivity contribution in [3.05, 3.63) is 23.2 Å². The molecule has 1 fully saturated rings. The lowest BCUT2D eigenvalue weighted by Gasteiger charge is -2.25. The van der Waals surface area contributed by atoms with Crippen molar-refractivity contribution in [3.63, 3.8) is 0 Å². The topological polar surface area (TPSA) is 79.6 Å². The first-order valence-electron chi connectivity index (χ1n) is 5.16. The zero-order valence-corrected chi connectivity index (χ0v) is 9.57. The van der Waals surface area contributed by atoms with E-state index in [1.165, 1.54) is 4.90 Å². The van der Waals surface area contributed by atoms with E-state index in [1.54, 1.807) is 19.9 Å². The Balaban J connectivity index is 2.23. The standard InChI is InChI=1S/C11H12N2O4/c1-6-3-8(7(2)17-6)11(16)13-4-9(14)12-10(15)5-13/h3H,4-5H2,1-2H3,(H,12,14,15). The number of carbonyl (C=O) groups excluding carboxylic acids is 3. The van der Waals surface area contributed by atoms with Crippen molar-refractivity contribution >= 4 is 17.7 Å². The summed E-state index contributed by atoms with van der Waals surface area (Å²) in [6.45, 7) is 3.20. The Morgan fingerprint density at radius 3 is 2.35 bits per heavy atom. The molecule has 0 bridgehead atoms. The number of carbonyl (C=O) groups is 3. The van der Waals surface area contributed by atoms with E-state index in [1.807, 2.05) is 0 Å². The Hall–Kier alpha value is -2.11. The number of nitrogens with zero attached hydrogens (tertiary/aromatic N) is 1. The number of rotatable bonds is 1. The predicted octanol–water partition coefficient (Wildman–Crippen LogP) is -0.00496. The maximum Gasteiger partial charge on any atom is 0.258 e. The Labute approximate surface area is 97.6 Å². The third kappa shape index (κ3) is 2.20. The molecule has 1 saturated heterocycles. The van der Waals surface area contributed by atoms with Crippen LogP contribution in [0.5, 0.6) is 0 Å². The molecule has 3 amide bonds. The number of imide groups is 1. The minimum absolute atomic E-state index is 0.103. The van der Waals surface area contributed by atoms with Gasteiger partial charge in [0, 0.05) is 0 Å². The first-order chi connectivity index (χ1) is 7.97. The summed E-state index contributed by atoms with van der Waals surface area (Å²) in [4.78, 5) is 35.6. The highest BCUT2D eigenvalue weighted by molar-refractivity contribution is 6.06. The summed E-state index contributed by atoms with van der Waals surface area (Å²) in [5, 5.41) is 2.14. The second-order valence-corrected chi connectivity index (χ2v) is 3.96. The fraction of sp³-hybridized carbons (Fsp3) is 0.364. The van der Waals surface area contributed by atoms with Crippen LogP contribution in [0.15, 0.2) is 10.5 Å². The molecule has 2 rings (SSSR count). The minimum Gasteiger partial charge on any atom is -0.466 e. The molecule has 6 heteroatoms. The van der Waals surface area contributed by atoms with Crippen LogP contribution in [0.4, 0.5) is 0 Å². The lowest BCUT2D eigenvalue weighted by atomic mass is 10.2. The third-order valence-electron chi connectivity index (χ3n) is 2.51. The second-order valence-electron chi connectivity index (χ2n) is 3.96. The molecule has 0 aromatic carbocycles. The molecule has 2 heterocycles. The second kappa shape index (κ2) is 4.04. The number of hydrogen-bond donors (Lipinski definition) is 1. The van der Waals surface area contributed by atoms with Gasteiger partial charge < -0.3 is 9.32 Å². The smallest absolute Gasteiger partial charge is 0.258 e. The zero-order valence-electron chi connectivity index (χ0n) is 9.57. The van der Waals surface area contributed by atoms with E-state index in [0.717, 1.165) is 0 Å². The molecule has 0 spiro atoms. The molecule has 0 radical (unpaired) electrons. The molecule has 1 aromatic heterocycles. The van der Waals surface area contributed by atoms with Gasteiger partial charge in [-0.1, -0.05) is 0 Å². The summed E-state index contributed by atoms with van der Waals surface area (Å²) in [6, 6.07) is 1.61. The van der Waals surface area contributed by atoms with Crippen molar-refractivity contribution in [1.29, 1.82) is 0 Å². The molecule has 6 nitrogen and oxygen atoms in total. The number of amides is 3. The van der Waals surface area contributed by atoms with E-state index in [2.05, 4.69) is 5.32 Å². The summed E-state index contributed by atoms with van der Waals surface area (Å²) in [5.74, 6) is -0.174. The van der Waals surface area contributed by atoms with Gasteiger partial charge in [0.2, 0.25) is 11.8 Å². The van der Waals surface area contributed by atoms with Gasteiger partial charge >= 0.3 is 0 Å². The molecule has 1 aliphatic heterocycles. The van der Waals surface area contributed by atoms with Gasteiger partial charge in [-0.2, -0.15) is 0 Å². The summed E-state index contributed by atoms with van der Waals surface area (Å²) in [7, 11) is 0. The van der Waals surface area contributed by atoms with Crippen LogP contribution in [-0.2, 0) is 9.59 Å². The first-order valence-corrected chi connectivity index (χ1v) is 5.16. The van der Waals surface area contributed by atoms with Crippen LogP contribution in [0.25, 0.3) is 0 Å². The van der Waals surface area contributed by atoms with Crippen LogP contribution in [0.3, 0.4) is 0 Å². The van der Waals surface area contributed by atoms with Gasteiger partial charge in [0.05, 0.1) is 5.56 Å². The Bertz CT molecular complexity index is 488. The quantitative estimate of drug-likeness (QED) is 0.696. The fourth-order valence-electron chi connectivity index (χ4n) is 1.79. The molecule has 0 saturated carbocycles. The molecular formula is C11H12N2O4. The summed E-state index contributed by atoms with van der Waals surface area (Å²) < 4.78 is 5.25. The van der Waals surface area contributed by atoms with Gasteiger partial charge in [0.15, 0.2) is 0 Å². The van der Waals surface area contributed by atoms with Crippen molar-refractivity contribution in [2.24, 2.45) is 0 Å². The number of nitrogens with one attached hydrogen (secondary N) is 1. The molecular weight excluding hydrogens is 224 g/mol. The van der Waals surface area contributed by atoms with Gasteiger partial charge in [0.1, 0.15) is 24.6 Å². The number of aryl methyl sites for hydroxylation is 2. The maximum atomic E-state index is 12.1. The van der Waals surface area contributed by atoms with E-state index >= 15 is 0 Å². The largest absolute Gasteiger partial charge is 0.466 e. The van der Waals surface area contributed by atoms with Crippen LogP contribution < -0.4 is 5.32 Å². The Kier molecular flexibility index (Phi) is 2.71.